The lowest BCUT2D eigenvalue weighted by molar-refractivity contribution is 0.386. The Hall–Kier alpha value is -2.12. The Kier molecular flexibility index (Phi) is 4.15. The molecule has 0 aliphatic rings. The molecule has 110 valence electrons. The molecule has 2 aromatic carbocycles. The first-order valence-electron chi connectivity index (χ1n) is 5.69. The number of hydrogen-bond acceptors (Lipinski definition) is 1. The van der Waals surface area contributed by atoms with Crippen LogP contribution in [-0.4, -0.2) is 14.4 Å². The fourth-order valence-electron chi connectivity index (χ4n) is 1.84. The average molecular weight is 304 g/mol. The zero-order valence-corrected chi connectivity index (χ0v) is 10.6. The van der Waals surface area contributed by atoms with Gasteiger partial charge in [-0.25, -0.2) is 26.3 Å². The molecule has 0 amide bonds. The average Bonchev–Trinajstić information content (AvgIpc) is 2.44. The van der Waals surface area contributed by atoms with Crippen LogP contribution in [0.25, 0.3) is 0 Å². The second-order valence-electron chi connectivity index (χ2n) is 4.17. The van der Waals surface area contributed by atoms with Gasteiger partial charge >= 0.3 is 0 Å². The molecule has 0 bridgehead atoms. The third-order valence-electron chi connectivity index (χ3n) is 2.93. The summed E-state index contributed by atoms with van der Waals surface area (Å²) in [4.78, 5) is 0. The summed E-state index contributed by atoms with van der Waals surface area (Å²) in [6.07, 6.45) is 0. The molecule has 8 heteroatoms. The molecule has 0 aromatic heterocycles. The molecule has 0 spiro atoms. The maximum absolute atomic E-state index is 13.9. The van der Waals surface area contributed by atoms with E-state index in [0.717, 1.165) is 19.2 Å². The third kappa shape index (κ3) is 2.70. The normalized spacial score (nSPS) is 10.6. The highest BCUT2D eigenvalue weighted by Gasteiger charge is 2.24. The van der Waals surface area contributed by atoms with Crippen LogP contribution >= 0.6 is 0 Å². The summed E-state index contributed by atoms with van der Waals surface area (Å²) in [6.45, 7) is 0. The van der Waals surface area contributed by atoms with E-state index in [1.54, 1.807) is 0 Å². The molecule has 0 N–H and O–H groups in total. The predicted octanol–water partition coefficient (Wildman–Crippen LogP) is 1.92. The highest BCUT2D eigenvalue weighted by Crippen LogP contribution is 2.16. The summed E-state index contributed by atoms with van der Waals surface area (Å²) in [5.41, 5.74) is -1.68. The van der Waals surface area contributed by atoms with Crippen LogP contribution in [-0.2, 0) is 0 Å². The van der Waals surface area contributed by atoms with Crippen LogP contribution in [0.2, 0.25) is 0 Å². The molecule has 2 rings (SSSR count). The maximum Gasteiger partial charge on any atom is 0.208 e. The van der Waals surface area contributed by atoms with E-state index < -0.39 is 53.1 Å². The van der Waals surface area contributed by atoms with Crippen LogP contribution in [0.1, 0.15) is 0 Å². The van der Waals surface area contributed by atoms with E-state index >= 15 is 0 Å². The summed E-state index contributed by atoms with van der Waals surface area (Å²) >= 11 is 0. The Morgan fingerprint density at radius 3 is 2.00 bits per heavy atom. The number of ether oxygens (including phenoxy) is 1. The second kappa shape index (κ2) is 5.71. The minimum absolute atomic E-state index is 0.115. The quantitative estimate of drug-likeness (QED) is 0.364. The first-order valence-corrected chi connectivity index (χ1v) is 5.69. The molecule has 1 nitrogen and oxygen atoms in total. The molecule has 0 atom stereocenters. The van der Waals surface area contributed by atoms with E-state index in [0.29, 0.717) is 0 Å². The number of hydrogen-bond donors (Lipinski definition) is 0. The van der Waals surface area contributed by atoms with Crippen molar-refractivity contribution in [3.05, 3.63) is 53.1 Å². The van der Waals surface area contributed by atoms with Gasteiger partial charge in [-0.3, -0.25) is 0 Å². The number of halogens is 6. The summed E-state index contributed by atoms with van der Waals surface area (Å²) in [6, 6.07) is 1.95. The minimum atomic E-state index is -1.91. The van der Waals surface area contributed by atoms with Crippen molar-refractivity contribution in [2.45, 2.75) is 0 Å². The van der Waals surface area contributed by atoms with Crippen LogP contribution in [0.15, 0.2) is 18.2 Å². The number of benzene rings is 2. The van der Waals surface area contributed by atoms with Crippen LogP contribution < -0.4 is 15.7 Å². The van der Waals surface area contributed by atoms with Crippen molar-refractivity contribution in [3.8, 4) is 5.75 Å². The largest absolute Gasteiger partial charge is 0.494 e. The summed E-state index contributed by atoms with van der Waals surface area (Å²) in [7, 11) is 0.197. The molecule has 0 aliphatic heterocycles. The standard InChI is InChI=1S/C13H7BF6O/c1-21-8-3-2-5(15)9(12(8)19)14-10-6(16)4-7(17)11(18)13(10)20/h2-4,14H,1H3. The molecule has 0 unspecified atom stereocenters. The van der Waals surface area contributed by atoms with Gasteiger partial charge in [0.05, 0.1) is 7.11 Å². The van der Waals surface area contributed by atoms with Crippen molar-refractivity contribution in [1.29, 1.82) is 0 Å². The fourth-order valence-corrected chi connectivity index (χ4v) is 1.84. The lowest BCUT2D eigenvalue weighted by Gasteiger charge is -2.10. The highest BCUT2D eigenvalue weighted by atomic mass is 19.2. The molecule has 2 aromatic rings. The van der Waals surface area contributed by atoms with E-state index in [4.69, 9.17) is 0 Å². The van der Waals surface area contributed by atoms with Crippen molar-refractivity contribution in [2.24, 2.45) is 0 Å². The Morgan fingerprint density at radius 2 is 1.38 bits per heavy atom. The first-order chi connectivity index (χ1) is 9.86. The Balaban J connectivity index is 2.56. The molecule has 0 radical (unpaired) electrons. The van der Waals surface area contributed by atoms with E-state index in [2.05, 4.69) is 4.74 Å². The smallest absolute Gasteiger partial charge is 0.208 e. The molecular weight excluding hydrogens is 297 g/mol. The maximum atomic E-state index is 13.9. The van der Waals surface area contributed by atoms with Gasteiger partial charge in [0.15, 0.2) is 29.0 Å². The van der Waals surface area contributed by atoms with Crippen LogP contribution in [0.5, 0.6) is 5.75 Å². The zero-order chi connectivity index (χ0) is 15.7. The molecule has 0 fully saturated rings. The lowest BCUT2D eigenvalue weighted by atomic mass is 9.63. The van der Waals surface area contributed by atoms with E-state index in [1.165, 1.54) is 0 Å². The molecule has 0 saturated carbocycles. The number of methoxy groups -OCH3 is 1. The van der Waals surface area contributed by atoms with E-state index in [1.807, 2.05) is 0 Å². The highest BCUT2D eigenvalue weighted by molar-refractivity contribution is 6.67. The summed E-state index contributed by atoms with van der Waals surface area (Å²) in [5.74, 6) is -9.48. The Bertz CT molecular complexity index is 704. The van der Waals surface area contributed by atoms with Gasteiger partial charge in [0, 0.05) is 6.07 Å². The van der Waals surface area contributed by atoms with Gasteiger partial charge in [0.1, 0.15) is 11.6 Å². The van der Waals surface area contributed by atoms with Crippen molar-refractivity contribution in [3.63, 3.8) is 0 Å². The fraction of sp³-hybridized carbons (Fsp3) is 0.0769. The Morgan fingerprint density at radius 1 is 0.762 bits per heavy atom. The van der Waals surface area contributed by atoms with E-state index in [9.17, 15) is 26.3 Å². The van der Waals surface area contributed by atoms with Crippen molar-refractivity contribution >= 4 is 18.2 Å². The van der Waals surface area contributed by atoms with Crippen molar-refractivity contribution < 1.29 is 31.1 Å². The molecule has 0 aliphatic carbocycles. The van der Waals surface area contributed by atoms with Gasteiger partial charge in [-0.1, -0.05) is 0 Å². The molecule has 21 heavy (non-hydrogen) atoms. The van der Waals surface area contributed by atoms with Crippen molar-refractivity contribution in [2.75, 3.05) is 7.11 Å². The second-order valence-corrected chi connectivity index (χ2v) is 4.17. The van der Waals surface area contributed by atoms with Gasteiger partial charge < -0.3 is 4.74 Å². The SMILES string of the molecule is COc1ccc(F)c(Bc2c(F)cc(F)c(F)c2F)c1F. The van der Waals surface area contributed by atoms with Gasteiger partial charge in [-0.05, 0) is 23.1 Å². The van der Waals surface area contributed by atoms with Crippen LogP contribution in [0.4, 0.5) is 26.3 Å². The monoisotopic (exact) mass is 304 g/mol. The van der Waals surface area contributed by atoms with Crippen LogP contribution in [0, 0.1) is 34.9 Å². The third-order valence-corrected chi connectivity index (χ3v) is 2.93. The number of rotatable bonds is 3. The Labute approximate surface area is 116 Å². The predicted molar refractivity (Wildman–Crippen MR) is 65.6 cm³/mol. The van der Waals surface area contributed by atoms with Gasteiger partial charge in [-0.2, -0.15) is 0 Å². The van der Waals surface area contributed by atoms with Crippen LogP contribution in [0.3, 0.4) is 0 Å². The molecule has 0 heterocycles. The summed E-state index contributed by atoms with van der Waals surface area (Å²) in [5, 5.41) is 0. The first kappa shape index (κ1) is 15.3. The summed E-state index contributed by atoms with van der Waals surface area (Å²) < 4.78 is 85.0. The topological polar surface area (TPSA) is 9.23 Å². The van der Waals surface area contributed by atoms with E-state index in [-0.39, 0.29) is 11.8 Å². The molecule has 0 saturated heterocycles. The minimum Gasteiger partial charge on any atom is -0.494 e. The van der Waals surface area contributed by atoms with Crippen molar-refractivity contribution in [1.82, 2.24) is 0 Å². The molecular formula is C13H7BF6O. The lowest BCUT2D eigenvalue weighted by Crippen LogP contribution is -2.37. The van der Waals surface area contributed by atoms with Gasteiger partial charge in [0.2, 0.25) is 7.28 Å². The van der Waals surface area contributed by atoms with Gasteiger partial charge in [0.25, 0.3) is 0 Å². The van der Waals surface area contributed by atoms with Gasteiger partial charge in [-0.15, -0.1) is 0 Å². The zero-order valence-electron chi connectivity index (χ0n) is 10.6.